The molecule has 1 N–H and O–H groups in total. The predicted molar refractivity (Wildman–Crippen MR) is 142 cm³/mol. The van der Waals surface area contributed by atoms with Gasteiger partial charge in [0.05, 0.1) is 0 Å². The summed E-state index contributed by atoms with van der Waals surface area (Å²) in [5, 5.41) is 10.2. The molecule has 2 fully saturated rings. The van der Waals surface area contributed by atoms with Gasteiger partial charge in [0.25, 0.3) is 0 Å². The number of carbonyl (C=O) groups excluding carboxylic acids is 2. The van der Waals surface area contributed by atoms with E-state index in [9.17, 15) is 14.7 Å². The molecule has 0 saturated heterocycles. The third kappa shape index (κ3) is 3.53. The summed E-state index contributed by atoms with van der Waals surface area (Å²) in [6, 6.07) is 0. The zero-order valence-electron chi connectivity index (χ0n) is 23.3. The van der Waals surface area contributed by atoms with E-state index < -0.39 is 0 Å². The van der Waals surface area contributed by atoms with Crippen molar-refractivity contribution in [1.82, 2.24) is 4.90 Å². The van der Waals surface area contributed by atoms with E-state index in [1.807, 2.05) is 18.9 Å². The van der Waals surface area contributed by atoms with E-state index in [1.54, 1.807) is 13.0 Å². The van der Waals surface area contributed by atoms with Gasteiger partial charge in [-0.05, 0) is 91.8 Å². The van der Waals surface area contributed by atoms with Crippen molar-refractivity contribution in [1.29, 1.82) is 0 Å². The molecule has 0 bridgehead atoms. The molecule has 0 aromatic heterocycles. The highest BCUT2D eigenvalue weighted by atomic mass is 16.3. The van der Waals surface area contributed by atoms with Gasteiger partial charge in [-0.2, -0.15) is 0 Å². The van der Waals surface area contributed by atoms with Gasteiger partial charge in [-0.1, -0.05) is 52.3 Å². The van der Waals surface area contributed by atoms with Crippen LogP contribution in [-0.4, -0.2) is 34.3 Å². The zero-order valence-corrected chi connectivity index (χ0v) is 23.3. The molecule has 4 aliphatic rings. The maximum absolute atomic E-state index is 12.5. The largest absolute Gasteiger partial charge is 0.504 e. The number of nitrogens with zero attached hydrogens (tertiary/aromatic N) is 1. The van der Waals surface area contributed by atoms with Crippen molar-refractivity contribution in [2.45, 2.75) is 99.5 Å². The molecule has 2 saturated carbocycles. The lowest BCUT2D eigenvalue weighted by atomic mass is 9.39. The quantitative estimate of drug-likeness (QED) is 0.470. The lowest BCUT2D eigenvalue weighted by Gasteiger charge is -2.67. The van der Waals surface area contributed by atoms with Gasteiger partial charge in [0.15, 0.2) is 5.76 Å². The first-order valence-electron chi connectivity index (χ1n) is 13.5. The summed E-state index contributed by atoms with van der Waals surface area (Å²) in [5.74, 6) is 0.355. The lowest BCUT2D eigenvalue weighted by molar-refractivity contribution is -0.158. The maximum Gasteiger partial charge on any atom is 0.220 e. The van der Waals surface area contributed by atoms with Crippen molar-refractivity contribution in [2.75, 3.05) is 7.05 Å². The number of carbonyl (C=O) groups is 2. The predicted octanol–water partition coefficient (Wildman–Crippen LogP) is 7.09. The number of allylic oxidation sites excluding steroid dienone is 7. The minimum atomic E-state index is -0.280. The van der Waals surface area contributed by atoms with Gasteiger partial charge >= 0.3 is 0 Å². The van der Waals surface area contributed by atoms with Gasteiger partial charge in [0.2, 0.25) is 11.7 Å². The van der Waals surface area contributed by atoms with E-state index in [-0.39, 0.29) is 45.2 Å². The monoisotopic (exact) mass is 479 g/mol. The number of aliphatic hydroxyl groups excluding tert-OH is 1. The fourth-order valence-electron chi connectivity index (χ4n) is 8.35. The molecule has 0 aliphatic heterocycles. The molecule has 0 heterocycles. The van der Waals surface area contributed by atoms with E-state index >= 15 is 0 Å². The first-order valence-corrected chi connectivity index (χ1v) is 13.5. The van der Waals surface area contributed by atoms with Crippen molar-refractivity contribution in [3.63, 3.8) is 0 Å². The van der Waals surface area contributed by atoms with Gasteiger partial charge in [-0.3, -0.25) is 9.59 Å². The molecule has 4 aliphatic carbocycles. The number of amides is 1. The van der Waals surface area contributed by atoms with E-state index in [4.69, 9.17) is 0 Å². The molecule has 4 heteroatoms. The van der Waals surface area contributed by atoms with Gasteiger partial charge in [0, 0.05) is 31.0 Å². The van der Waals surface area contributed by atoms with Gasteiger partial charge in [-0.25, -0.2) is 0 Å². The molecule has 0 unspecified atom stereocenters. The summed E-state index contributed by atoms with van der Waals surface area (Å²) in [6.45, 7) is 17.8. The molecule has 6 atom stereocenters. The maximum atomic E-state index is 12.5. The summed E-state index contributed by atoms with van der Waals surface area (Å²) in [6.07, 6.45) is 12.7. The first kappa shape index (κ1) is 26.0. The molecule has 0 aromatic carbocycles. The van der Waals surface area contributed by atoms with Crippen LogP contribution in [0.2, 0.25) is 0 Å². The van der Waals surface area contributed by atoms with E-state index in [2.05, 4.69) is 53.7 Å². The van der Waals surface area contributed by atoms with Crippen molar-refractivity contribution in [3.8, 4) is 0 Å². The highest BCUT2D eigenvalue weighted by molar-refractivity contribution is 6.06. The molecule has 4 nitrogen and oxygen atoms in total. The number of ketones is 1. The van der Waals surface area contributed by atoms with E-state index in [0.29, 0.717) is 11.5 Å². The number of fused-ring (bicyclic) bond motifs is 2. The van der Waals surface area contributed by atoms with Crippen LogP contribution in [0.3, 0.4) is 0 Å². The Kier molecular flexibility index (Phi) is 6.10. The lowest BCUT2D eigenvalue weighted by Crippen LogP contribution is -2.62. The van der Waals surface area contributed by atoms with E-state index in [1.165, 1.54) is 12.0 Å². The van der Waals surface area contributed by atoms with Crippen LogP contribution in [0.5, 0.6) is 0 Å². The Bertz CT molecular complexity index is 1090. The highest BCUT2D eigenvalue weighted by Crippen LogP contribution is 2.70. The Balaban J connectivity index is 1.80. The summed E-state index contributed by atoms with van der Waals surface area (Å²) in [7, 11) is 1.98. The third-order valence-electron chi connectivity index (χ3n) is 11.6. The van der Waals surface area contributed by atoms with Crippen LogP contribution in [0.15, 0.2) is 46.3 Å². The third-order valence-corrected chi connectivity index (χ3v) is 11.6. The van der Waals surface area contributed by atoms with Crippen LogP contribution in [-0.2, 0) is 9.59 Å². The summed E-state index contributed by atoms with van der Waals surface area (Å²) in [5.41, 5.74) is 4.31. The van der Waals surface area contributed by atoms with Gasteiger partial charge in [0.1, 0.15) is 0 Å². The van der Waals surface area contributed by atoms with Gasteiger partial charge in [-0.15, -0.1) is 0 Å². The number of hydrogen-bond acceptors (Lipinski definition) is 3. The summed E-state index contributed by atoms with van der Waals surface area (Å²) < 4.78 is 0. The molecule has 0 radical (unpaired) electrons. The minimum absolute atomic E-state index is 0.0264. The van der Waals surface area contributed by atoms with Crippen LogP contribution in [0, 0.1) is 28.1 Å². The summed E-state index contributed by atoms with van der Waals surface area (Å²) >= 11 is 0. The van der Waals surface area contributed by atoms with Crippen LogP contribution in [0.1, 0.15) is 93.9 Å². The molecule has 35 heavy (non-hydrogen) atoms. The Morgan fingerprint density at radius 3 is 2.34 bits per heavy atom. The fraction of sp³-hybridized carbons (Fsp3) is 0.677. The molecule has 192 valence electrons. The molecule has 0 spiro atoms. The Hall–Kier alpha value is -2.10. The molecular formula is C31H45NO3. The molecular weight excluding hydrogens is 434 g/mol. The van der Waals surface area contributed by atoms with Crippen molar-refractivity contribution >= 4 is 11.7 Å². The second-order valence-electron chi connectivity index (χ2n) is 13.0. The Labute approximate surface area is 212 Å². The fourth-order valence-corrected chi connectivity index (χ4v) is 8.35. The second-order valence-corrected chi connectivity index (χ2v) is 13.0. The standard InChI is InChI=1S/C31H45NO3/c1-10-30(7)26-18-29(6,32(9)21(4)33)15-13-28(26,5)14-16-31(30,8)24-12-11-22-20(3)27(35)25(34)17-23(22)19(24)2/h11-12,17,19,26,35H,10,13-16,18H2,1-9H3/t19-,26-,28-,29-,30+,31-/m1/s1. The van der Waals surface area contributed by atoms with Crippen LogP contribution >= 0.6 is 0 Å². The highest BCUT2D eigenvalue weighted by Gasteiger charge is 2.62. The number of aliphatic hydroxyl groups is 1. The summed E-state index contributed by atoms with van der Waals surface area (Å²) in [4.78, 5) is 26.9. The van der Waals surface area contributed by atoms with Crippen molar-refractivity contribution in [3.05, 3.63) is 46.3 Å². The number of hydrogen-bond donors (Lipinski definition) is 1. The first-order chi connectivity index (χ1) is 16.1. The topological polar surface area (TPSA) is 57.6 Å². The van der Waals surface area contributed by atoms with Crippen LogP contribution < -0.4 is 0 Å². The van der Waals surface area contributed by atoms with Crippen molar-refractivity contribution in [2.24, 2.45) is 28.1 Å². The normalized spacial score (nSPS) is 41.4. The second kappa shape index (κ2) is 8.21. The van der Waals surface area contributed by atoms with Gasteiger partial charge < -0.3 is 10.0 Å². The van der Waals surface area contributed by atoms with Crippen LogP contribution in [0.4, 0.5) is 0 Å². The van der Waals surface area contributed by atoms with E-state index in [0.717, 1.165) is 43.3 Å². The average Bonchev–Trinajstić information content (AvgIpc) is 2.82. The number of rotatable bonds is 3. The Morgan fingerprint density at radius 2 is 1.74 bits per heavy atom. The van der Waals surface area contributed by atoms with Crippen molar-refractivity contribution < 1.29 is 14.7 Å². The smallest absolute Gasteiger partial charge is 0.220 e. The minimum Gasteiger partial charge on any atom is -0.504 e. The average molecular weight is 480 g/mol. The Morgan fingerprint density at radius 1 is 1.11 bits per heavy atom. The van der Waals surface area contributed by atoms with Crippen LogP contribution in [0.25, 0.3) is 0 Å². The zero-order chi connectivity index (χ0) is 26.1. The SMILES string of the molecule is CC[C@@]1(C)[C@@H]2C[C@](C)(N(C)C(C)=O)CC[C@]2(C)CC[C@]1(C)C1=CC=C2C(=CC(=O)C(O)=C2C)[C@H]1C. The molecule has 4 rings (SSSR count). The molecule has 0 aromatic rings. The molecule has 1 amide bonds.